The standard InChI is InChI=1S/C33H38O10/c1-19(34)40-25-27(37)32(5,39)33-26(36)22(30(2,3)43-33)18-23(41-24(35)17-16-20-12-8-6-9-13-20)31(33,4)28(25)42-29(38)21-14-10-7-11-15-21/h6-17,22-23,25-28,36-37,39H,18H2,1-5H3/b17-16+/t22-,23+,25-,26-,27+,28+,31-,32+,33-/m1/s1. The van der Waals surface area contributed by atoms with Gasteiger partial charge in [0.1, 0.15) is 23.4 Å². The Bertz CT molecular complexity index is 1400. The lowest BCUT2D eigenvalue weighted by Crippen LogP contribution is -2.85. The molecule has 2 aromatic carbocycles. The highest BCUT2D eigenvalue weighted by Crippen LogP contribution is 2.68. The fourth-order valence-corrected chi connectivity index (χ4v) is 7.50. The second kappa shape index (κ2) is 10.9. The van der Waals surface area contributed by atoms with Crippen LogP contribution >= 0.6 is 0 Å². The zero-order valence-electron chi connectivity index (χ0n) is 24.8. The normalized spacial score (nSPS) is 37.8. The Labute approximate surface area is 250 Å². The Balaban J connectivity index is 1.65. The molecule has 1 saturated heterocycles. The molecule has 3 aliphatic rings. The van der Waals surface area contributed by atoms with E-state index >= 15 is 0 Å². The van der Waals surface area contributed by atoms with E-state index < -0.39 is 76.6 Å². The van der Waals surface area contributed by atoms with Crippen LogP contribution in [0.5, 0.6) is 0 Å². The largest absolute Gasteiger partial charge is 0.458 e. The molecule has 10 nitrogen and oxygen atoms in total. The minimum absolute atomic E-state index is 0.0652. The molecule has 3 fully saturated rings. The Morgan fingerprint density at radius 3 is 2.09 bits per heavy atom. The molecule has 2 aliphatic carbocycles. The van der Waals surface area contributed by atoms with Crippen LogP contribution in [-0.2, 0) is 28.5 Å². The van der Waals surface area contributed by atoms with Crippen molar-refractivity contribution in [1.29, 1.82) is 0 Å². The van der Waals surface area contributed by atoms with Crippen LogP contribution in [0.4, 0.5) is 0 Å². The van der Waals surface area contributed by atoms with Gasteiger partial charge in [0, 0.05) is 18.9 Å². The van der Waals surface area contributed by atoms with Crippen LogP contribution in [0.3, 0.4) is 0 Å². The highest BCUT2D eigenvalue weighted by atomic mass is 16.6. The predicted molar refractivity (Wildman–Crippen MR) is 153 cm³/mol. The molecule has 0 amide bonds. The number of carbonyl (C=O) groups excluding carboxylic acids is 3. The van der Waals surface area contributed by atoms with Gasteiger partial charge in [-0.15, -0.1) is 0 Å². The zero-order valence-corrected chi connectivity index (χ0v) is 24.8. The van der Waals surface area contributed by atoms with E-state index in [0.717, 1.165) is 12.5 Å². The number of benzene rings is 2. The first kappa shape index (κ1) is 30.9. The second-order valence-corrected chi connectivity index (χ2v) is 12.5. The van der Waals surface area contributed by atoms with Gasteiger partial charge in [-0.25, -0.2) is 9.59 Å². The third-order valence-corrected chi connectivity index (χ3v) is 9.60. The first-order chi connectivity index (χ1) is 20.2. The summed E-state index contributed by atoms with van der Waals surface area (Å²) in [5.41, 5.74) is -6.16. The lowest BCUT2D eigenvalue weighted by Gasteiger charge is -2.66. The van der Waals surface area contributed by atoms with Gasteiger partial charge in [-0.05, 0) is 57.9 Å². The van der Waals surface area contributed by atoms with Gasteiger partial charge in [0.2, 0.25) is 0 Å². The molecule has 43 heavy (non-hydrogen) atoms. The molecule has 10 heteroatoms. The highest BCUT2D eigenvalue weighted by Gasteiger charge is 2.85. The van der Waals surface area contributed by atoms with Crippen molar-refractivity contribution in [2.75, 3.05) is 0 Å². The fourth-order valence-electron chi connectivity index (χ4n) is 7.50. The molecule has 1 spiro atoms. The van der Waals surface area contributed by atoms with Crippen molar-refractivity contribution < 1.29 is 48.7 Å². The van der Waals surface area contributed by atoms with E-state index in [0.29, 0.717) is 0 Å². The first-order valence-corrected chi connectivity index (χ1v) is 14.3. The minimum Gasteiger partial charge on any atom is -0.458 e. The van der Waals surface area contributed by atoms with Crippen LogP contribution in [0.25, 0.3) is 6.08 Å². The number of esters is 3. The van der Waals surface area contributed by atoms with Gasteiger partial charge < -0.3 is 34.3 Å². The van der Waals surface area contributed by atoms with E-state index in [4.69, 9.17) is 18.9 Å². The molecule has 0 unspecified atom stereocenters. The molecule has 230 valence electrons. The lowest BCUT2D eigenvalue weighted by molar-refractivity contribution is -0.368. The Hall–Kier alpha value is -3.57. The van der Waals surface area contributed by atoms with Crippen LogP contribution in [0.2, 0.25) is 0 Å². The van der Waals surface area contributed by atoms with Crippen LogP contribution in [0, 0.1) is 11.3 Å². The molecule has 2 bridgehead atoms. The average molecular weight is 595 g/mol. The van der Waals surface area contributed by atoms with Crippen molar-refractivity contribution in [3.63, 3.8) is 0 Å². The van der Waals surface area contributed by atoms with Crippen molar-refractivity contribution >= 4 is 24.0 Å². The summed E-state index contributed by atoms with van der Waals surface area (Å²) in [6, 6.07) is 17.2. The quantitative estimate of drug-likeness (QED) is 0.259. The molecule has 1 heterocycles. The molecule has 0 radical (unpaired) electrons. The Morgan fingerprint density at radius 2 is 1.49 bits per heavy atom. The smallest absolute Gasteiger partial charge is 0.338 e. The van der Waals surface area contributed by atoms with Gasteiger partial charge >= 0.3 is 17.9 Å². The van der Waals surface area contributed by atoms with E-state index in [2.05, 4.69) is 0 Å². The summed E-state index contributed by atoms with van der Waals surface area (Å²) in [6.45, 7) is 7.44. The van der Waals surface area contributed by atoms with E-state index in [1.165, 1.54) is 25.1 Å². The molecule has 9 atom stereocenters. The molecular formula is C33H38O10. The maximum atomic E-state index is 13.5. The zero-order chi connectivity index (χ0) is 31.4. The SMILES string of the molecule is CC(=O)O[C@H]1[C@H](OC(=O)c2ccccc2)[C@@]2(C)[C@@H](OC(=O)/C=C/c3ccccc3)C[C@@H]3[C@@H](O)[C@]2(OC3(C)C)[C@@](C)(O)[C@H]1O. The number of ether oxygens (including phenoxy) is 4. The van der Waals surface area contributed by atoms with Gasteiger partial charge in [-0.1, -0.05) is 48.5 Å². The number of aliphatic hydroxyl groups is 3. The summed E-state index contributed by atoms with van der Waals surface area (Å²) < 4.78 is 24.2. The van der Waals surface area contributed by atoms with Gasteiger partial charge in [-0.2, -0.15) is 0 Å². The number of hydrogen-bond donors (Lipinski definition) is 3. The predicted octanol–water partition coefficient (Wildman–Crippen LogP) is 2.83. The Kier molecular flexibility index (Phi) is 7.79. The molecule has 0 aromatic heterocycles. The van der Waals surface area contributed by atoms with Gasteiger partial charge in [0.05, 0.1) is 22.7 Å². The van der Waals surface area contributed by atoms with E-state index in [-0.39, 0.29) is 12.0 Å². The van der Waals surface area contributed by atoms with E-state index in [1.54, 1.807) is 45.0 Å². The number of hydrogen-bond acceptors (Lipinski definition) is 10. The first-order valence-electron chi connectivity index (χ1n) is 14.3. The number of rotatable bonds is 6. The van der Waals surface area contributed by atoms with Crippen molar-refractivity contribution in [2.45, 2.75) is 88.4 Å². The fraction of sp³-hybridized carbons (Fsp3) is 0.485. The second-order valence-electron chi connectivity index (χ2n) is 12.5. The van der Waals surface area contributed by atoms with Gasteiger partial charge in [-0.3, -0.25) is 4.79 Å². The molecular weight excluding hydrogens is 556 g/mol. The third-order valence-electron chi connectivity index (χ3n) is 9.60. The van der Waals surface area contributed by atoms with Crippen molar-refractivity contribution in [3.05, 3.63) is 77.9 Å². The molecule has 3 N–H and O–H groups in total. The molecule has 2 aromatic rings. The summed E-state index contributed by atoms with van der Waals surface area (Å²) in [4.78, 5) is 39.1. The number of fused-ring (bicyclic) bond motifs is 1. The summed E-state index contributed by atoms with van der Waals surface area (Å²) in [6.07, 6.45) is -4.60. The lowest BCUT2D eigenvalue weighted by atomic mass is 9.46. The van der Waals surface area contributed by atoms with Crippen molar-refractivity contribution in [2.24, 2.45) is 11.3 Å². The molecule has 5 rings (SSSR count). The van der Waals surface area contributed by atoms with Crippen LogP contribution in [0.1, 0.15) is 57.0 Å². The number of aliphatic hydroxyl groups excluding tert-OH is 2. The average Bonchev–Trinajstić information content (AvgIpc) is 3.13. The van der Waals surface area contributed by atoms with E-state index in [1.807, 2.05) is 30.3 Å². The maximum Gasteiger partial charge on any atom is 0.338 e. The summed E-state index contributed by atoms with van der Waals surface area (Å²) in [5, 5.41) is 35.6. The van der Waals surface area contributed by atoms with Crippen LogP contribution < -0.4 is 0 Å². The maximum absolute atomic E-state index is 13.5. The van der Waals surface area contributed by atoms with E-state index in [9.17, 15) is 29.7 Å². The topological polar surface area (TPSA) is 149 Å². The van der Waals surface area contributed by atoms with Crippen molar-refractivity contribution in [1.82, 2.24) is 0 Å². The molecule has 1 aliphatic heterocycles. The molecule has 2 saturated carbocycles. The van der Waals surface area contributed by atoms with Crippen molar-refractivity contribution in [3.8, 4) is 0 Å². The van der Waals surface area contributed by atoms with Gasteiger partial charge in [0.15, 0.2) is 12.2 Å². The monoisotopic (exact) mass is 594 g/mol. The van der Waals surface area contributed by atoms with Crippen LogP contribution in [-0.4, -0.2) is 80.6 Å². The Morgan fingerprint density at radius 1 is 0.884 bits per heavy atom. The van der Waals surface area contributed by atoms with Crippen LogP contribution in [0.15, 0.2) is 66.7 Å². The summed E-state index contributed by atoms with van der Waals surface area (Å²) >= 11 is 0. The summed E-state index contributed by atoms with van der Waals surface area (Å²) in [7, 11) is 0. The summed E-state index contributed by atoms with van der Waals surface area (Å²) in [5.74, 6) is -2.98. The highest BCUT2D eigenvalue weighted by molar-refractivity contribution is 5.89. The third kappa shape index (κ3) is 4.77. The minimum atomic E-state index is -2.27. The number of carbonyl (C=O) groups is 3. The van der Waals surface area contributed by atoms with Gasteiger partial charge in [0.25, 0.3) is 0 Å².